The van der Waals surface area contributed by atoms with Crippen LogP contribution in [0.2, 0.25) is 0 Å². The number of aryl methyl sites for hydroxylation is 1. The van der Waals surface area contributed by atoms with Crippen molar-refractivity contribution in [2.45, 2.75) is 64.5 Å². The number of anilines is 2. The smallest absolute Gasteiger partial charge is 0.298 e. The first-order chi connectivity index (χ1) is 12.7. The van der Waals surface area contributed by atoms with Gasteiger partial charge in [-0.3, -0.25) is 4.57 Å². The Morgan fingerprint density at radius 1 is 1.27 bits per heavy atom. The molecule has 0 bridgehead atoms. The molecule has 0 saturated carbocycles. The quantitative estimate of drug-likeness (QED) is 0.661. The Morgan fingerprint density at radius 3 is 2.88 bits per heavy atom. The summed E-state index contributed by atoms with van der Waals surface area (Å²) >= 11 is 0. The molecule has 1 aliphatic rings. The van der Waals surface area contributed by atoms with Gasteiger partial charge in [-0.25, -0.2) is 0 Å². The lowest BCUT2D eigenvalue weighted by atomic mass is 10.0. The van der Waals surface area contributed by atoms with Crippen LogP contribution in [0.15, 0.2) is 0 Å². The number of methoxy groups -OCH3 is 1. The van der Waals surface area contributed by atoms with Crippen LogP contribution in [-0.2, 0) is 11.3 Å². The number of imidazole rings is 1. The van der Waals surface area contributed by atoms with Crippen molar-refractivity contribution in [1.29, 1.82) is 0 Å². The Bertz CT molecular complexity index is 711. The van der Waals surface area contributed by atoms with Crippen molar-refractivity contribution in [3.05, 3.63) is 0 Å². The Balaban J connectivity index is 1.75. The van der Waals surface area contributed by atoms with Gasteiger partial charge in [0.1, 0.15) is 0 Å². The first-order valence-electron chi connectivity index (χ1n) is 9.66. The monoisotopic (exact) mass is 362 g/mol. The zero-order valence-electron chi connectivity index (χ0n) is 15.8. The van der Waals surface area contributed by atoms with Crippen molar-refractivity contribution in [2.75, 3.05) is 31.3 Å². The predicted octanol–water partition coefficient (Wildman–Crippen LogP) is 2.98. The third kappa shape index (κ3) is 4.35. The molecule has 8 nitrogen and oxygen atoms in total. The van der Waals surface area contributed by atoms with Crippen LogP contribution in [0.3, 0.4) is 0 Å². The number of ether oxygens (including phenoxy) is 2. The maximum Gasteiger partial charge on any atom is 0.298 e. The lowest BCUT2D eigenvalue weighted by molar-refractivity contribution is 0.00948. The average Bonchev–Trinajstić information content (AvgIpc) is 3.01. The second-order valence-electron chi connectivity index (χ2n) is 6.77. The Morgan fingerprint density at radius 2 is 2.15 bits per heavy atom. The minimum atomic E-state index is 0.371. The van der Waals surface area contributed by atoms with E-state index in [0.29, 0.717) is 29.4 Å². The van der Waals surface area contributed by atoms with Crippen molar-refractivity contribution in [3.63, 3.8) is 0 Å². The summed E-state index contributed by atoms with van der Waals surface area (Å²) in [6.45, 7) is 4.63. The molecule has 3 rings (SSSR count). The highest BCUT2D eigenvalue weighted by Crippen LogP contribution is 2.26. The summed E-state index contributed by atoms with van der Waals surface area (Å²) in [5.41, 5.74) is 7.42. The van der Waals surface area contributed by atoms with E-state index >= 15 is 0 Å². The molecule has 0 amide bonds. The molecule has 1 aliphatic heterocycles. The second-order valence-corrected chi connectivity index (χ2v) is 6.77. The SMILES string of the molecule is CCCCNc1nc(N)c2nc(OC)n(CCCC3CCCCO3)c2n1. The van der Waals surface area contributed by atoms with Crippen LogP contribution < -0.4 is 15.8 Å². The van der Waals surface area contributed by atoms with Gasteiger partial charge in [0.2, 0.25) is 5.95 Å². The number of nitrogens with zero attached hydrogens (tertiary/aromatic N) is 4. The van der Waals surface area contributed by atoms with Crippen molar-refractivity contribution >= 4 is 22.9 Å². The van der Waals surface area contributed by atoms with Gasteiger partial charge >= 0.3 is 0 Å². The van der Waals surface area contributed by atoms with Crippen molar-refractivity contribution in [2.24, 2.45) is 0 Å². The summed E-state index contributed by atoms with van der Waals surface area (Å²) in [7, 11) is 1.62. The molecule has 1 atom stereocenters. The third-order valence-electron chi connectivity index (χ3n) is 4.76. The van der Waals surface area contributed by atoms with E-state index in [1.54, 1.807) is 7.11 Å². The van der Waals surface area contributed by atoms with E-state index in [1.165, 1.54) is 12.8 Å². The fraction of sp³-hybridized carbons (Fsp3) is 0.722. The van der Waals surface area contributed by atoms with E-state index in [0.717, 1.165) is 57.4 Å². The van der Waals surface area contributed by atoms with Crippen molar-refractivity contribution in [1.82, 2.24) is 19.5 Å². The minimum Gasteiger partial charge on any atom is -0.468 e. The molecule has 3 N–H and O–H groups in total. The topological polar surface area (TPSA) is 100 Å². The number of rotatable bonds is 9. The number of hydrogen-bond donors (Lipinski definition) is 2. The highest BCUT2D eigenvalue weighted by atomic mass is 16.5. The zero-order chi connectivity index (χ0) is 18.4. The molecule has 2 aromatic heterocycles. The number of fused-ring (bicyclic) bond motifs is 1. The molecule has 144 valence electrons. The molecule has 1 unspecified atom stereocenters. The third-order valence-corrected chi connectivity index (χ3v) is 4.76. The minimum absolute atomic E-state index is 0.371. The van der Waals surface area contributed by atoms with Crippen molar-refractivity contribution < 1.29 is 9.47 Å². The van der Waals surface area contributed by atoms with E-state index < -0.39 is 0 Å². The first-order valence-corrected chi connectivity index (χ1v) is 9.66. The van der Waals surface area contributed by atoms with Gasteiger partial charge in [-0.2, -0.15) is 15.0 Å². The highest BCUT2D eigenvalue weighted by molar-refractivity contribution is 5.84. The molecule has 3 heterocycles. The van der Waals surface area contributed by atoms with Crippen LogP contribution in [0.25, 0.3) is 11.2 Å². The number of nitrogens with one attached hydrogen (secondary N) is 1. The summed E-state index contributed by atoms with van der Waals surface area (Å²) < 4.78 is 13.3. The number of aromatic nitrogens is 4. The van der Waals surface area contributed by atoms with Gasteiger partial charge in [0.05, 0.1) is 13.2 Å². The van der Waals surface area contributed by atoms with Crippen LogP contribution in [0.1, 0.15) is 51.9 Å². The molecule has 0 radical (unpaired) electrons. The lowest BCUT2D eigenvalue weighted by Crippen LogP contribution is -2.19. The average molecular weight is 362 g/mol. The van der Waals surface area contributed by atoms with E-state index in [9.17, 15) is 0 Å². The molecule has 2 aromatic rings. The molecule has 1 fully saturated rings. The molecule has 0 aliphatic carbocycles. The molecular formula is C18H30N6O2. The lowest BCUT2D eigenvalue weighted by Gasteiger charge is -2.22. The van der Waals surface area contributed by atoms with Crippen LogP contribution in [0.4, 0.5) is 11.8 Å². The van der Waals surface area contributed by atoms with Gasteiger partial charge in [-0.05, 0) is 38.5 Å². The summed E-state index contributed by atoms with van der Waals surface area (Å²) in [5.74, 6) is 0.921. The largest absolute Gasteiger partial charge is 0.468 e. The number of unbranched alkanes of at least 4 members (excludes halogenated alkanes) is 1. The van der Waals surface area contributed by atoms with E-state index in [-0.39, 0.29) is 0 Å². The predicted molar refractivity (Wildman–Crippen MR) is 103 cm³/mol. The highest BCUT2D eigenvalue weighted by Gasteiger charge is 2.18. The fourth-order valence-electron chi connectivity index (χ4n) is 3.33. The summed E-state index contributed by atoms with van der Waals surface area (Å²) in [6, 6.07) is 0.524. The standard InChI is InChI=1S/C18H30N6O2/c1-3-4-10-20-17-22-15(19)14-16(23-17)24(18(21-14)25-2)11-7-9-13-8-5-6-12-26-13/h13H,3-12H2,1-2H3,(H3,19,20,22,23). The summed E-state index contributed by atoms with van der Waals surface area (Å²) in [6.07, 6.45) is 8.15. The van der Waals surface area contributed by atoms with E-state index in [1.807, 2.05) is 4.57 Å². The molecule has 0 aromatic carbocycles. The van der Waals surface area contributed by atoms with Gasteiger partial charge in [0.15, 0.2) is 17.0 Å². The van der Waals surface area contributed by atoms with Crippen molar-refractivity contribution in [3.8, 4) is 6.01 Å². The Hall–Kier alpha value is -2.09. The molecule has 26 heavy (non-hydrogen) atoms. The first kappa shape index (κ1) is 18.7. The number of nitrogen functional groups attached to an aromatic ring is 1. The van der Waals surface area contributed by atoms with Gasteiger partial charge in [0, 0.05) is 19.7 Å². The molecule has 0 spiro atoms. The van der Waals surface area contributed by atoms with Gasteiger partial charge in [-0.1, -0.05) is 13.3 Å². The maximum absolute atomic E-state index is 6.10. The van der Waals surface area contributed by atoms with E-state index in [2.05, 4.69) is 27.2 Å². The van der Waals surface area contributed by atoms with Crippen LogP contribution in [0, 0.1) is 0 Å². The summed E-state index contributed by atoms with van der Waals surface area (Å²) in [5, 5.41) is 3.24. The molecular weight excluding hydrogens is 332 g/mol. The summed E-state index contributed by atoms with van der Waals surface area (Å²) in [4.78, 5) is 13.4. The zero-order valence-corrected chi connectivity index (χ0v) is 15.8. The molecule has 1 saturated heterocycles. The van der Waals surface area contributed by atoms with E-state index in [4.69, 9.17) is 15.2 Å². The Kier molecular flexibility index (Phi) is 6.49. The van der Waals surface area contributed by atoms with Gasteiger partial charge in [0.25, 0.3) is 6.01 Å². The number of hydrogen-bond acceptors (Lipinski definition) is 7. The maximum atomic E-state index is 6.10. The van der Waals surface area contributed by atoms with Crippen LogP contribution in [0.5, 0.6) is 6.01 Å². The van der Waals surface area contributed by atoms with Crippen LogP contribution in [-0.4, -0.2) is 45.9 Å². The van der Waals surface area contributed by atoms with Gasteiger partial charge < -0.3 is 20.5 Å². The molecule has 8 heteroatoms. The Labute approximate surface area is 154 Å². The second kappa shape index (κ2) is 9.02. The number of nitrogens with two attached hydrogens (primary N) is 1. The normalized spacial score (nSPS) is 17.5. The fourth-order valence-corrected chi connectivity index (χ4v) is 3.33. The van der Waals surface area contributed by atoms with Crippen LogP contribution >= 0.6 is 0 Å². The van der Waals surface area contributed by atoms with Gasteiger partial charge in [-0.15, -0.1) is 0 Å².